The minimum atomic E-state index is 0.713. The Kier molecular flexibility index (Phi) is 5.29. The zero-order valence-electron chi connectivity index (χ0n) is 10.1. The number of ether oxygens (including phenoxy) is 1. The summed E-state index contributed by atoms with van der Waals surface area (Å²) in [5, 5.41) is 3.45. The SMILES string of the molecule is COCc1cc(CNCC(C)C)sc1C. The minimum absolute atomic E-state index is 0.713. The zero-order chi connectivity index (χ0) is 11.3. The van der Waals surface area contributed by atoms with Gasteiger partial charge in [0.05, 0.1) is 6.61 Å². The van der Waals surface area contributed by atoms with E-state index in [4.69, 9.17) is 4.74 Å². The Hall–Kier alpha value is -0.380. The summed E-state index contributed by atoms with van der Waals surface area (Å²) in [6.45, 7) is 9.40. The van der Waals surface area contributed by atoms with E-state index in [-0.39, 0.29) is 0 Å². The molecule has 0 spiro atoms. The van der Waals surface area contributed by atoms with Gasteiger partial charge >= 0.3 is 0 Å². The lowest BCUT2D eigenvalue weighted by Gasteiger charge is -2.05. The van der Waals surface area contributed by atoms with Gasteiger partial charge in [-0.1, -0.05) is 13.8 Å². The van der Waals surface area contributed by atoms with Gasteiger partial charge in [-0.15, -0.1) is 11.3 Å². The van der Waals surface area contributed by atoms with Crippen LogP contribution in [0.4, 0.5) is 0 Å². The molecular formula is C12H21NOS. The molecule has 0 aliphatic rings. The smallest absolute Gasteiger partial charge is 0.0723 e. The van der Waals surface area contributed by atoms with Crippen molar-refractivity contribution in [2.45, 2.75) is 33.9 Å². The van der Waals surface area contributed by atoms with Gasteiger partial charge in [0.25, 0.3) is 0 Å². The fourth-order valence-corrected chi connectivity index (χ4v) is 2.48. The molecule has 1 rings (SSSR count). The monoisotopic (exact) mass is 227 g/mol. The first-order valence-electron chi connectivity index (χ1n) is 5.41. The molecule has 1 heterocycles. The van der Waals surface area contributed by atoms with E-state index in [1.807, 2.05) is 11.3 Å². The number of hydrogen-bond donors (Lipinski definition) is 1. The van der Waals surface area contributed by atoms with Crippen molar-refractivity contribution in [3.63, 3.8) is 0 Å². The summed E-state index contributed by atoms with van der Waals surface area (Å²) in [6.07, 6.45) is 0. The molecule has 1 aromatic rings. The second-order valence-electron chi connectivity index (χ2n) is 4.25. The fraction of sp³-hybridized carbons (Fsp3) is 0.667. The quantitative estimate of drug-likeness (QED) is 0.807. The Morgan fingerprint density at radius 2 is 2.20 bits per heavy atom. The Balaban J connectivity index is 2.44. The zero-order valence-corrected chi connectivity index (χ0v) is 10.9. The molecular weight excluding hydrogens is 206 g/mol. The summed E-state index contributed by atoms with van der Waals surface area (Å²) in [6, 6.07) is 2.25. The molecule has 0 fully saturated rings. The van der Waals surface area contributed by atoms with Crippen molar-refractivity contribution in [1.82, 2.24) is 5.32 Å². The first kappa shape index (κ1) is 12.7. The number of aryl methyl sites for hydroxylation is 1. The van der Waals surface area contributed by atoms with Crippen LogP contribution in [0, 0.1) is 12.8 Å². The third-order valence-corrected chi connectivity index (χ3v) is 3.32. The third-order valence-electron chi connectivity index (χ3n) is 2.22. The number of thiophene rings is 1. The summed E-state index contributed by atoms with van der Waals surface area (Å²) in [5.74, 6) is 0.713. The molecule has 3 heteroatoms. The van der Waals surface area contributed by atoms with Crippen LogP contribution in [-0.4, -0.2) is 13.7 Å². The van der Waals surface area contributed by atoms with E-state index in [1.165, 1.54) is 15.3 Å². The maximum atomic E-state index is 5.15. The van der Waals surface area contributed by atoms with E-state index < -0.39 is 0 Å². The Bertz CT molecular complexity index is 294. The lowest BCUT2D eigenvalue weighted by atomic mass is 10.2. The molecule has 0 aliphatic heterocycles. The van der Waals surface area contributed by atoms with Crippen molar-refractivity contribution in [2.24, 2.45) is 5.92 Å². The molecule has 0 radical (unpaired) electrons. The van der Waals surface area contributed by atoms with Crippen molar-refractivity contribution in [1.29, 1.82) is 0 Å². The molecule has 0 aromatic carbocycles. The molecule has 0 bridgehead atoms. The van der Waals surface area contributed by atoms with Crippen LogP contribution < -0.4 is 5.32 Å². The largest absolute Gasteiger partial charge is 0.380 e. The standard InChI is InChI=1S/C12H21NOS/c1-9(2)6-13-7-12-5-11(8-14-4)10(3)15-12/h5,9,13H,6-8H2,1-4H3. The van der Waals surface area contributed by atoms with Gasteiger partial charge in [-0.25, -0.2) is 0 Å². The number of hydrogen-bond acceptors (Lipinski definition) is 3. The van der Waals surface area contributed by atoms with Gasteiger partial charge in [-0.3, -0.25) is 0 Å². The highest BCUT2D eigenvalue weighted by molar-refractivity contribution is 7.12. The number of methoxy groups -OCH3 is 1. The van der Waals surface area contributed by atoms with Crippen LogP contribution in [0.2, 0.25) is 0 Å². The Morgan fingerprint density at radius 1 is 1.47 bits per heavy atom. The summed E-state index contributed by atoms with van der Waals surface area (Å²) in [4.78, 5) is 2.78. The lowest BCUT2D eigenvalue weighted by Crippen LogP contribution is -2.18. The summed E-state index contributed by atoms with van der Waals surface area (Å²) < 4.78 is 5.15. The molecule has 86 valence electrons. The van der Waals surface area contributed by atoms with Gasteiger partial charge in [0.15, 0.2) is 0 Å². The van der Waals surface area contributed by atoms with Crippen molar-refractivity contribution in [2.75, 3.05) is 13.7 Å². The van der Waals surface area contributed by atoms with Crippen LogP contribution in [0.25, 0.3) is 0 Å². The molecule has 2 nitrogen and oxygen atoms in total. The van der Waals surface area contributed by atoms with E-state index in [2.05, 4.69) is 32.2 Å². The molecule has 0 amide bonds. The summed E-state index contributed by atoms with van der Waals surface area (Å²) in [7, 11) is 1.74. The second-order valence-corrected chi connectivity index (χ2v) is 5.59. The van der Waals surface area contributed by atoms with Gasteiger partial charge in [-0.05, 0) is 31.0 Å². The molecule has 0 atom stereocenters. The summed E-state index contributed by atoms with van der Waals surface area (Å²) >= 11 is 1.86. The Labute approximate surface area is 96.7 Å². The highest BCUT2D eigenvalue weighted by Gasteiger charge is 2.04. The van der Waals surface area contributed by atoms with Crippen LogP contribution in [0.15, 0.2) is 6.07 Å². The predicted molar refractivity (Wildman–Crippen MR) is 66.3 cm³/mol. The maximum Gasteiger partial charge on any atom is 0.0723 e. The van der Waals surface area contributed by atoms with Crippen LogP contribution in [0.5, 0.6) is 0 Å². The van der Waals surface area contributed by atoms with Gasteiger partial charge in [0.2, 0.25) is 0 Å². The Morgan fingerprint density at radius 3 is 2.80 bits per heavy atom. The normalized spacial score (nSPS) is 11.3. The molecule has 1 N–H and O–H groups in total. The first-order chi connectivity index (χ1) is 7.13. The molecule has 0 unspecified atom stereocenters. The lowest BCUT2D eigenvalue weighted by molar-refractivity contribution is 0.184. The van der Waals surface area contributed by atoms with Crippen molar-refractivity contribution in [3.8, 4) is 0 Å². The van der Waals surface area contributed by atoms with E-state index in [0.29, 0.717) is 5.92 Å². The van der Waals surface area contributed by atoms with Gasteiger partial charge in [0, 0.05) is 23.4 Å². The van der Waals surface area contributed by atoms with Crippen LogP contribution in [0.1, 0.15) is 29.2 Å². The van der Waals surface area contributed by atoms with Crippen LogP contribution >= 0.6 is 11.3 Å². The average molecular weight is 227 g/mol. The van der Waals surface area contributed by atoms with Crippen molar-refractivity contribution < 1.29 is 4.74 Å². The van der Waals surface area contributed by atoms with E-state index in [9.17, 15) is 0 Å². The minimum Gasteiger partial charge on any atom is -0.380 e. The van der Waals surface area contributed by atoms with E-state index in [1.54, 1.807) is 7.11 Å². The highest BCUT2D eigenvalue weighted by atomic mass is 32.1. The fourth-order valence-electron chi connectivity index (χ4n) is 1.46. The van der Waals surface area contributed by atoms with Crippen LogP contribution in [-0.2, 0) is 17.9 Å². The summed E-state index contributed by atoms with van der Waals surface area (Å²) in [5.41, 5.74) is 1.32. The molecule has 0 aliphatic carbocycles. The van der Waals surface area contributed by atoms with Crippen LogP contribution in [0.3, 0.4) is 0 Å². The maximum absolute atomic E-state index is 5.15. The number of rotatable bonds is 6. The predicted octanol–water partition coefficient (Wildman–Crippen LogP) is 2.95. The van der Waals surface area contributed by atoms with E-state index >= 15 is 0 Å². The average Bonchev–Trinajstić information content (AvgIpc) is 2.47. The van der Waals surface area contributed by atoms with Gasteiger partial charge in [-0.2, -0.15) is 0 Å². The molecule has 0 saturated heterocycles. The number of nitrogens with one attached hydrogen (secondary N) is 1. The van der Waals surface area contributed by atoms with Crippen molar-refractivity contribution >= 4 is 11.3 Å². The van der Waals surface area contributed by atoms with Gasteiger partial charge < -0.3 is 10.1 Å². The van der Waals surface area contributed by atoms with E-state index in [0.717, 1.165) is 19.7 Å². The second kappa shape index (κ2) is 6.26. The molecule has 1 aromatic heterocycles. The topological polar surface area (TPSA) is 21.3 Å². The van der Waals surface area contributed by atoms with Gasteiger partial charge in [0.1, 0.15) is 0 Å². The van der Waals surface area contributed by atoms with Crippen molar-refractivity contribution in [3.05, 3.63) is 21.4 Å². The molecule has 0 saturated carbocycles. The first-order valence-corrected chi connectivity index (χ1v) is 6.23. The third kappa shape index (κ3) is 4.33. The molecule has 15 heavy (non-hydrogen) atoms. The highest BCUT2D eigenvalue weighted by Crippen LogP contribution is 2.22.